The molecule has 0 spiro atoms. The Morgan fingerprint density at radius 1 is 1.29 bits per heavy atom. The van der Waals surface area contributed by atoms with E-state index in [0.29, 0.717) is 13.2 Å². The molecule has 0 rings (SSSR count). The Bertz CT molecular complexity index is 139. The Hall–Kier alpha value is -0.610. The molecule has 0 aliphatic rings. The Morgan fingerprint density at radius 2 is 2.00 bits per heavy atom. The molecule has 0 unspecified atom stereocenters. The van der Waals surface area contributed by atoms with E-state index in [9.17, 15) is 4.79 Å². The molecular weight excluding hydrogens is 182 g/mol. The Labute approximate surface area is 85.6 Å². The lowest BCUT2D eigenvalue weighted by Crippen LogP contribution is -2.28. The molecule has 14 heavy (non-hydrogen) atoms. The summed E-state index contributed by atoms with van der Waals surface area (Å²) in [4.78, 5) is 11.0. The van der Waals surface area contributed by atoms with Crippen LogP contribution in [0, 0.1) is 0 Å². The molecule has 0 atom stereocenters. The third-order valence-corrected chi connectivity index (χ3v) is 1.84. The van der Waals surface area contributed by atoms with Gasteiger partial charge in [-0.25, -0.2) is 0 Å². The van der Waals surface area contributed by atoms with Crippen LogP contribution in [0.5, 0.6) is 0 Å². The fraction of sp³-hybridized carbons (Fsp3) is 0.900. The van der Waals surface area contributed by atoms with Crippen molar-refractivity contribution in [2.24, 2.45) is 0 Å². The van der Waals surface area contributed by atoms with Crippen LogP contribution in [0.4, 0.5) is 0 Å². The molecule has 0 aromatic carbocycles. The molecule has 4 nitrogen and oxygen atoms in total. The zero-order valence-corrected chi connectivity index (χ0v) is 8.92. The second kappa shape index (κ2) is 10.5. The fourth-order valence-corrected chi connectivity index (χ4v) is 1.06. The molecule has 0 heterocycles. The van der Waals surface area contributed by atoms with Crippen LogP contribution in [-0.2, 0) is 9.53 Å². The van der Waals surface area contributed by atoms with E-state index in [2.05, 4.69) is 5.32 Å². The minimum absolute atomic E-state index is 0.0472. The van der Waals surface area contributed by atoms with Gasteiger partial charge >= 0.3 is 0 Å². The predicted molar refractivity (Wildman–Crippen MR) is 55.1 cm³/mol. The number of hydrogen-bond donors (Lipinski definition) is 2. The van der Waals surface area contributed by atoms with Gasteiger partial charge in [0.2, 0.25) is 5.91 Å². The van der Waals surface area contributed by atoms with Crippen LogP contribution in [0.15, 0.2) is 0 Å². The molecule has 0 radical (unpaired) electrons. The highest BCUT2D eigenvalue weighted by Gasteiger charge is 1.98. The van der Waals surface area contributed by atoms with E-state index < -0.39 is 0 Å². The predicted octanol–water partition coefficient (Wildman–Crippen LogP) is 0.692. The first kappa shape index (κ1) is 13.4. The SMILES string of the molecule is CCOCC(=O)NCCCCCCO. The fourth-order valence-electron chi connectivity index (χ4n) is 1.06. The van der Waals surface area contributed by atoms with Gasteiger partial charge in [0.05, 0.1) is 0 Å². The number of rotatable bonds is 9. The smallest absolute Gasteiger partial charge is 0.245 e. The molecule has 84 valence electrons. The number of amides is 1. The summed E-state index contributed by atoms with van der Waals surface area (Å²) in [5.41, 5.74) is 0. The van der Waals surface area contributed by atoms with Crippen molar-refractivity contribution < 1.29 is 14.6 Å². The highest BCUT2D eigenvalue weighted by molar-refractivity contribution is 5.77. The van der Waals surface area contributed by atoms with Gasteiger partial charge in [-0.05, 0) is 19.8 Å². The van der Waals surface area contributed by atoms with Crippen molar-refractivity contribution in [3.63, 3.8) is 0 Å². The minimum atomic E-state index is -0.0472. The minimum Gasteiger partial charge on any atom is -0.396 e. The van der Waals surface area contributed by atoms with E-state index >= 15 is 0 Å². The maximum Gasteiger partial charge on any atom is 0.245 e. The molecule has 2 N–H and O–H groups in total. The van der Waals surface area contributed by atoms with Gasteiger partial charge in [0, 0.05) is 19.8 Å². The van der Waals surface area contributed by atoms with Crippen molar-refractivity contribution in [2.75, 3.05) is 26.4 Å². The van der Waals surface area contributed by atoms with Crippen LogP contribution in [0.3, 0.4) is 0 Å². The number of nitrogens with one attached hydrogen (secondary N) is 1. The van der Waals surface area contributed by atoms with E-state index in [1.807, 2.05) is 6.92 Å². The molecule has 0 aliphatic heterocycles. The molecule has 0 aromatic rings. The van der Waals surface area contributed by atoms with Gasteiger partial charge in [0.1, 0.15) is 6.61 Å². The van der Waals surface area contributed by atoms with E-state index in [1.165, 1.54) is 0 Å². The lowest BCUT2D eigenvalue weighted by Gasteiger charge is -2.04. The maximum atomic E-state index is 11.0. The van der Waals surface area contributed by atoms with Gasteiger partial charge in [0.25, 0.3) is 0 Å². The Kier molecular flexibility index (Phi) is 10.0. The quantitative estimate of drug-likeness (QED) is 0.542. The molecule has 0 saturated carbocycles. The third kappa shape index (κ3) is 9.48. The summed E-state index contributed by atoms with van der Waals surface area (Å²) in [7, 11) is 0. The number of hydrogen-bond acceptors (Lipinski definition) is 3. The number of carbonyl (C=O) groups excluding carboxylic acids is 1. The second-order valence-electron chi connectivity index (χ2n) is 3.12. The monoisotopic (exact) mass is 203 g/mol. The number of aliphatic hydroxyl groups is 1. The Balaban J connectivity index is 3.07. The van der Waals surface area contributed by atoms with Gasteiger partial charge < -0.3 is 15.2 Å². The van der Waals surface area contributed by atoms with Crippen molar-refractivity contribution in [1.82, 2.24) is 5.32 Å². The molecule has 0 aromatic heterocycles. The topological polar surface area (TPSA) is 58.6 Å². The average molecular weight is 203 g/mol. The molecule has 0 saturated heterocycles. The van der Waals surface area contributed by atoms with Crippen LogP contribution in [0.25, 0.3) is 0 Å². The van der Waals surface area contributed by atoms with Crippen molar-refractivity contribution in [2.45, 2.75) is 32.6 Å². The zero-order valence-electron chi connectivity index (χ0n) is 8.92. The van der Waals surface area contributed by atoms with Crippen molar-refractivity contribution in [1.29, 1.82) is 0 Å². The van der Waals surface area contributed by atoms with Crippen LogP contribution < -0.4 is 5.32 Å². The van der Waals surface area contributed by atoms with Crippen molar-refractivity contribution in [3.8, 4) is 0 Å². The number of carbonyl (C=O) groups is 1. The summed E-state index contributed by atoms with van der Waals surface area (Å²) in [5, 5.41) is 11.3. The van der Waals surface area contributed by atoms with Gasteiger partial charge in [-0.3, -0.25) is 4.79 Å². The van der Waals surface area contributed by atoms with Gasteiger partial charge in [-0.1, -0.05) is 12.8 Å². The van der Waals surface area contributed by atoms with E-state index in [4.69, 9.17) is 9.84 Å². The summed E-state index contributed by atoms with van der Waals surface area (Å²) in [6, 6.07) is 0. The van der Waals surface area contributed by atoms with E-state index in [0.717, 1.165) is 25.7 Å². The normalized spacial score (nSPS) is 10.1. The van der Waals surface area contributed by atoms with Crippen LogP contribution in [-0.4, -0.2) is 37.4 Å². The van der Waals surface area contributed by atoms with Crippen LogP contribution in [0.1, 0.15) is 32.6 Å². The van der Waals surface area contributed by atoms with Crippen LogP contribution in [0.2, 0.25) is 0 Å². The van der Waals surface area contributed by atoms with E-state index in [1.54, 1.807) is 0 Å². The molecule has 0 aliphatic carbocycles. The summed E-state index contributed by atoms with van der Waals surface area (Å²) in [6.45, 7) is 3.56. The largest absolute Gasteiger partial charge is 0.396 e. The number of aliphatic hydroxyl groups excluding tert-OH is 1. The third-order valence-electron chi connectivity index (χ3n) is 1.84. The zero-order chi connectivity index (χ0) is 10.6. The summed E-state index contributed by atoms with van der Waals surface area (Å²) >= 11 is 0. The molecule has 0 fully saturated rings. The summed E-state index contributed by atoms with van der Waals surface area (Å²) in [5.74, 6) is -0.0472. The first-order valence-corrected chi connectivity index (χ1v) is 5.26. The van der Waals surface area contributed by atoms with E-state index in [-0.39, 0.29) is 19.1 Å². The summed E-state index contributed by atoms with van der Waals surface area (Å²) in [6.07, 6.45) is 3.90. The standard InChI is InChI=1S/C10H21NO3/c1-2-14-9-10(13)11-7-5-3-4-6-8-12/h12H,2-9H2,1H3,(H,11,13). The van der Waals surface area contributed by atoms with Crippen LogP contribution >= 0.6 is 0 Å². The van der Waals surface area contributed by atoms with Crippen molar-refractivity contribution in [3.05, 3.63) is 0 Å². The van der Waals surface area contributed by atoms with Gasteiger partial charge in [-0.15, -0.1) is 0 Å². The maximum absolute atomic E-state index is 11.0. The van der Waals surface area contributed by atoms with Gasteiger partial charge in [0.15, 0.2) is 0 Å². The summed E-state index contributed by atoms with van der Waals surface area (Å²) < 4.78 is 4.95. The second-order valence-corrected chi connectivity index (χ2v) is 3.12. The lowest BCUT2D eigenvalue weighted by molar-refractivity contribution is -0.125. The molecular formula is C10H21NO3. The first-order chi connectivity index (χ1) is 6.81. The highest BCUT2D eigenvalue weighted by Crippen LogP contribution is 1.97. The van der Waals surface area contributed by atoms with Gasteiger partial charge in [-0.2, -0.15) is 0 Å². The number of unbranched alkanes of at least 4 members (excludes halogenated alkanes) is 3. The molecule has 1 amide bonds. The average Bonchev–Trinajstić information content (AvgIpc) is 2.20. The first-order valence-electron chi connectivity index (χ1n) is 5.26. The lowest BCUT2D eigenvalue weighted by atomic mass is 10.2. The number of ether oxygens (including phenoxy) is 1. The van der Waals surface area contributed by atoms with Crippen molar-refractivity contribution >= 4 is 5.91 Å². The molecule has 0 bridgehead atoms. The Morgan fingerprint density at radius 3 is 2.64 bits per heavy atom. The highest BCUT2D eigenvalue weighted by atomic mass is 16.5. The molecule has 4 heteroatoms.